The Hall–Kier alpha value is -3.09. The summed E-state index contributed by atoms with van der Waals surface area (Å²) in [6, 6.07) is 5.64. The predicted molar refractivity (Wildman–Crippen MR) is 129 cm³/mol. The largest absolute Gasteiger partial charge is 0.477 e. The first-order valence-corrected chi connectivity index (χ1v) is 12.2. The molecule has 0 amide bonds. The van der Waals surface area contributed by atoms with Gasteiger partial charge in [-0.05, 0) is 45.0 Å². The minimum atomic E-state index is -3.43. The molecule has 0 unspecified atom stereocenters. The topological polar surface area (TPSA) is 139 Å². The van der Waals surface area contributed by atoms with Crippen LogP contribution in [0.1, 0.15) is 26.3 Å². The van der Waals surface area contributed by atoms with Crippen molar-refractivity contribution in [2.45, 2.75) is 31.1 Å². The smallest absolute Gasteiger partial charge is 0.232 e. The zero-order valence-corrected chi connectivity index (χ0v) is 19.7. The average molecular weight is 493 g/mol. The van der Waals surface area contributed by atoms with Crippen LogP contribution < -0.4 is 15.8 Å². The van der Waals surface area contributed by atoms with Crippen molar-refractivity contribution >= 4 is 39.0 Å². The zero-order valence-electron chi connectivity index (χ0n) is 18.9. The highest BCUT2D eigenvalue weighted by Crippen LogP contribution is 2.59. The van der Waals surface area contributed by atoms with Gasteiger partial charge in [0, 0.05) is 17.4 Å². The van der Waals surface area contributed by atoms with Gasteiger partial charge in [0.25, 0.3) is 0 Å². The Morgan fingerprint density at radius 1 is 1.24 bits per heavy atom. The number of aliphatic imine (C=N–C) groups is 1. The van der Waals surface area contributed by atoms with E-state index < -0.39 is 39.1 Å². The van der Waals surface area contributed by atoms with E-state index in [4.69, 9.17) is 10.5 Å². The van der Waals surface area contributed by atoms with Crippen LogP contribution in [0.4, 0.5) is 20.3 Å². The Morgan fingerprint density at radius 2 is 2.00 bits per heavy atom. The Morgan fingerprint density at radius 3 is 2.68 bits per heavy atom. The summed E-state index contributed by atoms with van der Waals surface area (Å²) in [5, 5.41) is 3.05. The molecule has 34 heavy (non-hydrogen) atoms. The van der Waals surface area contributed by atoms with Gasteiger partial charge in [0.05, 0.1) is 24.1 Å². The lowest BCUT2D eigenvalue weighted by atomic mass is 9.92. The molecule has 182 valence electrons. The van der Waals surface area contributed by atoms with E-state index >= 15 is 0 Å². The standard InChI is InChI=1S/C22H26F2N6O3S/c1-4-33-17-10-27-18-16(29-17)7-8-26-19(18)28-13-5-6-15(24)14(9-13)22(11-23)12-34(31,32)21(2,3)20(25)30-22/h5-10,31-32H,4,11-12H2,1-3H3,(H2,25,30)(H,26,28)/t22-/m0/s1. The second-order valence-corrected chi connectivity index (χ2v) is 11.1. The van der Waals surface area contributed by atoms with Gasteiger partial charge in [-0.15, -0.1) is 0 Å². The molecule has 0 spiro atoms. The molecule has 5 N–H and O–H groups in total. The molecule has 0 aliphatic carbocycles. The molecule has 0 fully saturated rings. The van der Waals surface area contributed by atoms with Crippen molar-refractivity contribution in [2.75, 3.05) is 24.4 Å². The summed E-state index contributed by atoms with van der Waals surface area (Å²) < 4.78 is 54.9. The molecule has 3 aromatic rings. The van der Waals surface area contributed by atoms with Crippen LogP contribution in [0.5, 0.6) is 5.88 Å². The summed E-state index contributed by atoms with van der Waals surface area (Å²) in [5.41, 5.74) is 5.33. The molecule has 2 aromatic heterocycles. The maximum atomic E-state index is 15.0. The molecule has 3 heterocycles. The van der Waals surface area contributed by atoms with Crippen molar-refractivity contribution in [2.24, 2.45) is 10.7 Å². The number of fused-ring (bicyclic) bond motifs is 1. The number of nitrogens with one attached hydrogen (secondary N) is 1. The van der Waals surface area contributed by atoms with Gasteiger partial charge in [0.2, 0.25) is 5.88 Å². The van der Waals surface area contributed by atoms with E-state index in [-0.39, 0.29) is 11.4 Å². The van der Waals surface area contributed by atoms with Crippen molar-refractivity contribution in [3.8, 4) is 5.88 Å². The Kier molecular flexibility index (Phi) is 6.08. The van der Waals surface area contributed by atoms with Crippen LogP contribution >= 0.6 is 10.6 Å². The third-order valence-electron chi connectivity index (χ3n) is 5.89. The average Bonchev–Trinajstić information content (AvgIpc) is 2.79. The van der Waals surface area contributed by atoms with E-state index in [2.05, 4.69) is 25.3 Å². The third kappa shape index (κ3) is 4.01. The molecule has 0 bridgehead atoms. The number of rotatable bonds is 6. The quantitative estimate of drug-likeness (QED) is 0.398. The summed E-state index contributed by atoms with van der Waals surface area (Å²) in [5.74, 6) is -0.678. The van der Waals surface area contributed by atoms with Crippen LogP contribution in [-0.4, -0.2) is 53.7 Å². The molecule has 0 radical (unpaired) electrons. The van der Waals surface area contributed by atoms with E-state index in [0.29, 0.717) is 35.0 Å². The summed E-state index contributed by atoms with van der Waals surface area (Å²) >= 11 is 0. The molecule has 0 saturated heterocycles. The Labute approximate surface area is 196 Å². The fraction of sp³-hybridized carbons (Fsp3) is 0.364. The fourth-order valence-electron chi connectivity index (χ4n) is 3.69. The second-order valence-electron chi connectivity index (χ2n) is 8.47. The number of pyridine rings is 1. The molecular weight excluding hydrogens is 466 g/mol. The van der Waals surface area contributed by atoms with E-state index in [1.54, 1.807) is 6.07 Å². The predicted octanol–water partition coefficient (Wildman–Crippen LogP) is 4.37. The number of nitrogens with zero attached hydrogens (tertiary/aromatic N) is 4. The highest BCUT2D eigenvalue weighted by Gasteiger charge is 2.51. The highest BCUT2D eigenvalue weighted by atomic mass is 32.3. The van der Waals surface area contributed by atoms with Crippen molar-refractivity contribution in [3.63, 3.8) is 0 Å². The number of anilines is 2. The maximum Gasteiger partial charge on any atom is 0.232 e. The summed E-state index contributed by atoms with van der Waals surface area (Å²) in [6.45, 7) is 4.15. The van der Waals surface area contributed by atoms with E-state index in [1.807, 2.05) is 6.92 Å². The third-order valence-corrected chi connectivity index (χ3v) is 8.61. The van der Waals surface area contributed by atoms with E-state index in [9.17, 15) is 17.9 Å². The molecule has 1 aliphatic heterocycles. The zero-order chi connectivity index (χ0) is 24.7. The molecule has 0 saturated carbocycles. The number of hydrogen-bond acceptors (Lipinski definition) is 9. The van der Waals surface area contributed by atoms with Gasteiger partial charge in [0.15, 0.2) is 5.82 Å². The lowest BCUT2D eigenvalue weighted by Crippen LogP contribution is -2.53. The van der Waals surface area contributed by atoms with E-state index in [0.717, 1.165) is 6.07 Å². The number of amidine groups is 1. The number of halogens is 2. The first-order chi connectivity index (χ1) is 16.0. The lowest BCUT2D eigenvalue weighted by molar-refractivity contribution is 0.312. The number of aromatic nitrogens is 3. The van der Waals surface area contributed by atoms with Crippen LogP contribution in [-0.2, 0) is 5.54 Å². The van der Waals surface area contributed by atoms with Gasteiger partial charge in [0.1, 0.15) is 34.1 Å². The van der Waals surface area contributed by atoms with Crippen LogP contribution in [0.25, 0.3) is 11.0 Å². The molecule has 1 aromatic carbocycles. The normalized spacial score (nSPS) is 22.1. The van der Waals surface area contributed by atoms with Gasteiger partial charge in [-0.3, -0.25) is 14.1 Å². The molecule has 4 rings (SSSR count). The first kappa shape index (κ1) is 24.0. The molecular formula is C22H26F2N6O3S. The van der Waals surface area contributed by atoms with E-state index in [1.165, 1.54) is 38.4 Å². The Balaban J connectivity index is 1.76. The van der Waals surface area contributed by atoms with Crippen molar-refractivity contribution in [1.29, 1.82) is 0 Å². The van der Waals surface area contributed by atoms with Gasteiger partial charge in [-0.25, -0.2) is 23.7 Å². The minimum Gasteiger partial charge on any atom is -0.477 e. The SMILES string of the molecule is CCOc1cnc2c(Nc3ccc(F)c([C@]4(CF)CS(O)(O)C(C)(C)C(N)=N4)c3)nccc2n1. The number of nitrogens with two attached hydrogens (primary N) is 1. The molecule has 1 aliphatic rings. The summed E-state index contributed by atoms with van der Waals surface area (Å²) in [7, 11) is -3.43. The first-order valence-electron chi connectivity index (χ1n) is 10.5. The van der Waals surface area contributed by atoms with Crippen molar-refractivity contribution in [3.05, 3.63) is 48.0 Å². The van der Waals surface area contributed by atoms with Crippen LogP contribution in [0, 0.1) is 5.82 Å². The van der Waals surface area contributed by atoms with Crippen LogP contribution in [0.2, 0.25) is 0 Å². The van der Waals surface area contributed by atoms with Gasteiger partial charge >= 0.3 is 0 Å². The van der Waals surface area contributed by atoms with Gasteiger partial charge in [-0.2, -0.15) is 10.6 Å². The van der Waals surface area contributed by atoms with Crippen LogP contribution in [0.3, 0.4) is 0 Å². The summed E-state index contributed by atoms with van der Waals surface area (Å²) in [6.07, 6.45) is 3.00. The maximum absolute atomic E-state index is 15.0. The summed E-state index contributed by atoms with van der Waals surface area (Å²) in [4.78, 5) is 17.3. The van der Waals surface area contributed by atoms with Crippen molar-refractivity contribution in [1.82, 2.24) is 15.0 Å². The molecule has 1 atom stereocenters. The lowest BCUT2D eigenvalue weighted by Gasteiger charge is -2.53. The Bertz CT molecular complexity index is 1270. The van der Waals surface area contributed by atoms with Crippen LogP contribution in [0.15, 0.2) is 41.7 Å². The van der Waals surface area contributed by atoms with Gasteiger partial charge in [-0.1, -0.05) is 0 Å². The second kappa shape index (κ2) is 8.60. The number of ether oxygens (including phenoxy) is 1. The monoisotopic (exact) mass is 492 g/mol. The van der Waals surface area contributed by atoms with Gasteiger partial charge < -0.3 is 15.8 Å². The number of hydrogen-bond donors (Lipinski definition) is 4. The van der Waals surface area contributed by atoms with Crippen molar-refractivity contribution < 1.29 is 22.6 Å². The minimum absolute atomic E-state index is 0.148. The number of alkyl halides is 1. The highest BCUT2D eigenvalue weighted by molar-refractivity contribution is 8.26. The molecule has 12 heteroatoms. The molecule has 9 nitrogen and oxygen atoms in total. The fourth-order valence-corrected chi connectivity index (χ4v) is 5.40. The number of benzene rings is 1.